The summed E-state index contributed by atoms with van der Waals surface area (Å²) in [5, 5.41) is 54.0. The maximum atomic E-state index is 13.4. The van der Waals surface area contributed by atoms with Crippen LogP contribution in [0.3, 0.4) is 0 Å². The maximum Gasteiger partial charge on any atom is 0.255 e. The van der Waals surface area contributed by atoms with Crippen LogP contribution in [0.5, 0.6) is 5.75 Å². The fourth-order valence-corrected chi connectivity index (χ4v) is 5.30. The van der Waals surface area contributed by atoms with Gasteiger partial charge in [-0.3, -0.25) is 14.4 Å². The molecule has 4 rings (SSSR count). The maximum absolute atomic E-state index is 13.4. The lowest BCUT2D eigenvalue weighted by atomic mass is 9.56. The van der Waals surface area contributed by atoms with Gasteiger partial charge in [0, 0.05) is 34.4 Å². The molecule has 30 heavy (non-hydrogen) atoms. The molecule has 3 unspecified atom stereocenters. The molecule has 1 aromatic rings. The van der Waals surface area contributed by atoms with Crippen LogP contribution in [0.4, 0.5) is 0 Å². The van der Waals surface area contributed by atoms with Gasteiger partial charge in [0.2, 0.25) is 5.78 Å². The Hall–Kier alpha value is -2.88. The molecule has 0 heterocycles. The third kappa shape index (κ3) is 2.28. The number of phenolic OH excluding ortho intramolecular Hbond substituents is 1. The zero-order valence-electron chi connectivity index (χ0n) is 15.6. The van der Waals surface area contributed by atoms with E-state index in [1.165, 1.54) is 19.1 Å². The van der Waals surface area contributed by atoms with E-state index in [-0.39, 0.29) is 22.6 Å². The number of amides is 1. The number of Topliss-reactive ketones (excluding diaryl/α,β-unsaturated/α-hetero) is 2. The molecule has 1 amide bonds. The van der Waals surface area contributed by atoms with Gasteiger partial charge in [0.25, 0.3) is 5.91 Å². The topological polar surface area (TPSA) is 178 Å². The molecule has 10 heteroatoms. The van der Waals surface area contributed by atoms with Gasteiger partial charge in [-0.2, -0.15) is 0 Å². The first-order chi connectivity index (χ1) is 13.8. The first-order valence-corrected chi connectivity index (χ1v) is 9.44. The number of nitrogens with two attached hydrogens (primary N) is 1. The first kappa shape index (κ1) is 20.4. The number of phenols is 1. The summed E-state index contributed by atoms with van der Waals surface area (Å²) in [7, 11) is 0. The molecule has 1 fully saturated rings. The lowest BCUT2D eigenvalue weighted by molar-refractivity contribution is -0.152. The van der Waals surface area contributed by atoms with Gasteiger partial charge in [0.05, 0.1) is 11.2 Å². The second kappa shape index (κ2) is 6.07. The number of rotatable bonds is 1. The lowest BCUT2D eigenvalue weighted by Crippen LogP contribution is -2.60. The molecule has 0 saturated heterocycles. The first-order valence-electron chi connectivity index (χ1n) is 9.06. The van der Waals surface area contributed by atoms with E-state index in [4.69, 9.17) is 17.3 Å². The molecule has 1 saturated carbocycles. The van der Waals surface area contributed by atoms with E-state index in [0.29, 0.717) is 0 Å². The van der Waals surface area contributed by atoms with Crippen molar-refractivity contribution in [1.29, 1.82) is 0 Å². The number of aromatic hydroxyl groups is 1. The molecule has 158 valence electrons. The van der Waals surface area contributed by atoms with E-state index in [2.05, 4.69) is 0 Å². The third-order valence-electron chi connectivity index (χ3n) is 6.41. The largest absolute Gasteiger partial charge is 0.508 e. The third-order valence-corrected chi connectivity index (χ3v) is 6.73. The Labute approximate surface area is 174 Å². The molecular weight excluding hydrogens is 418 g/mol. The van der Waals surface area contributed by atoms with Crippen molar-refractivity contribution in [3.8, 4) is 5.75 Å². The highest BCUT2D eigenvalue weighted by Crippen LogP contribution is 2.57. The molecule has 0 radical (unpaired) electrons. The normalized spacial score (nSPS) is 33.2. The summed E-state index contributed by atoms with van der Waals surface area (Å²) < 4.78 is 0. The highest BCUT2D eigenvalue weighted by molar-refractivity contribution is 6.32. The zero-order valence-corrected chi connectivity index (χ0v) is 16.4. The average molecular weight is 436 g/mol. The van der Waals surface area contributed by atoms with Gasteiger partial charge >= 0.3 is 0 Å². The monoisotopic (exact) mass is 435 g/mol. The Morgan fingerprint density at radius 3 is 2.43 bits per heavy atom. The molecule has 9 nitrogen and oxygen atoms in total. The minimum Gasteiger partial charge on any atom is -0.508 e. The summed E-state index contributed by atoms with van der Waals surface area (Å²) in [6.45, 7) is 1.33. The number of benzene rings is 1. The van der Waals surface area contributed by atoms with Crippen LogP contribution in [0, 0.1) is 11.8 Å². The minimum absolute atomic E-state index is 0.00613. The minimum atomic E-state index is -2.69. The van der Waals surface area contributed by atoms with Gasteiger partial charge < -0.3 is 31.3 Å². The van der Waals surface area contributed by atoms with Gasteiger partial charge in [-0.15, -0.1) is 0 Å². The van der Waals surface area contributed by atoms with Gasteiger partial charge in [-0.05, 0) is 25.5 Å². The van der Waals surface area contributed by atoms with E-state index in [9.17, 15) is 39.9 Å². The standard InChI is InChI=1S/C20H18ClNO8/c1-19(29)7-4-6-5-10(24)13(18(22)28)17(27)20(6,30)16(26)11(7)15(25)12-9(23)3-2-8(21)14(12)19/h2-3,6-7,23,25,27,29-30H,4-5H2,1H3,(H2,22,28)/t6?,7?,19?,20-/m0/s1. The van der Waals surface area contributed by atoms with Crippen molar-refractivity contribution in [1.82, 2.24) is 0 Å². The molecule has 0 bridgehead atoms. The number of hydrogen-bond donors (Lipinski definition) is 6. The molecule has 4 atom stereocenters. The number of hydrogen-bond acceptors (Lipinski definition) is 8. The van der Waals surface area contributed by atoms with E-state index in [1.807, 2.05) is 0 Å². The number of primary amides is 1. The number of aliphatic hydroxyl groups is 4. The van der Waals surface area contributed by atoms with Crippen molar-refractivity contribution in [2.45, 2.75) is 31.0 Å². The summed E-state index contributed by atoms with van der Waals surface area (Å²) >= 11 is 6.20. The summed E-state index contributed by atoms with van der Waals surface area (Å²) in [5.74, 6) is -8.01. The highest BCUT2D eigenvalue weighted by atomic mass is 35.5. The number of aliphatic hydroxyl groups excluding tert-OH is 2. The summed E-state index contributed by atoms with van der Waals surface area (Å²) in [5.41, 5.74) is -1.05. The number of halogens is 1. The number of ketones is 2. The van der Waals surface area contributed by atoms with E-state index in [1.54, 1.807) is 0 Å². The van der Waals surface area contributed by atoms with E-state index < -0.39 is 75.3 Å². The van der Waals surface area contributed by atoms with Crippen molar-refractivity contribution in [3.05, 3.63) is 45.2 Å². The van der Waals surface area contributed by atoms with Gasteiger partial charge in [0.1, 0.15) is 22.8 Å². The Morgan fingerprint density at radius 2 is 1.83 bits per heavy atom. The van der Waals surface area contributed by atoms with Crippen molar-refractivity contribution >= 4 is 34.8 Å². The molecule has 0 spiro atoms. The second-order valence-corrected chi connectivity index (χ2v) is 8.43. The Balaban J connectivity index is 2.03. The molecule has 0 aromatic heterocycles. The molecule has 3 aliphatic carbocycles. The van der Waals surface area contributed by atoms with Crippen molar-refractivity contribution in [3.63, 3.8) is 0 Å². The summed E-state index contributed by atoms with van der Waals surface area (Å²) in [6, 6.07) is 2.49. The van der Waals surface area contributed by atoms with Crippen molar-refractivity contribution < 1.29 is 39.9 Å². The van der Waals surface area contributed by atoms with Gasteiger partial charge in [-0.1, -0.05) is 11.6 Å². The lowest BCUT2D eigenvalue weighted by Gasteiger charge is -2.50. The highest BCUT2D eigenvalue weighted by Gasteiger charge is 2.63. The Morgan fingerprint density at radius 1 is 1.20 bits per heavy atom. The van der Waals surface area contributed by atoms with Crippen LogP contribution in [0.1, 0.15) is 30.9 Å². The average Bonchev–Trinajstić information content (AvgIpc) is 2.64. The van der Waals surface area contributed by atoms with Crippen LogP contribution in [0.25, 0.3) is 5.76 Å². The smallest absolute Gasteiger partial charge is 0.255 e. The molecule has 0 aliphatic heterocycles. The molecule has 7 N–H and O–H groups in total. The second-order valence-electron chi connectivity index (χ2n) is 8.02. The number of fused-ring (bicyclic) bond motifs is 3. The van der Waals surface area contributed by atoms with Crippen LogP contribution in [0.2, 0.25) is 5.02 Å². The Kier molecular flexibility index (Phi) is 4.12. The van der Waals surface area contributed by atoms with Crippen LogP contribution in [-0.4, -0.2) is 48.6 Å². The zero-order chi connectivity index (χ0) is 22.3. The van der Waals surface area contributed by atoms with Crippen LogP contribution < -0.4 is 5.73 Å². The predicted molar refractivity (Wildman–Crippen MR) is 102 cm³/mol. The summed E-state index contributed by atoms with van der Waals surface area (Å²) in [6.07, 6.45) is -0.687. The predicted octanol–water partition coefficient (Wildman–Crippen LogP) is 0.742. The van der Waals surface area contributed by atoms with Gasteiger partial charge in [-0.25, -0.2) is 0 Å². The van der Waals surface area contributed by atoms with Crippen molar-refractivity contribution in [2.75, 3.05) is 0 Å². The van der Waals surface area contributed by atoms with E-state index >= 15 is 0 Å². The number of carbonyl (C=O) groups is 3. The van der Waals surface area contributed by atoms with Crippen LogP contribution in [0.15, 0.2) is 29.0 Å². The molecule has 3 aliphatic rings. The Bertz CT molecular complexity index is 1120. The van der Waals surface area contributed by atoms with Crippen LogP contribution in [-0.2, 0) is 20.0 Å². The summed E-state index contributed by atoms with van der Waals surface area (Å²) in [4.78, 5) is 37.3. The fourth-order valence-electron chi connectivity index (χ4n) is 4.95. The SMILES string of the molecule is CC1(O)c2c(Cl)ccc(O)c2C(O)=C2C(=O)[C@]3(O)C(O)=C(C(N)=O)C(=O)CC3CC21. The fraction of sp³-hybridized carbons (Fsp3) is 0.350. The quantitative estimate of drug-likeness (QED) is 0.349. The van der Waals surface area contributed by atoms with E-state index in [0.717, 1.165) is 0 Å². The van der Waals surface area contributed by atoms with Crippen molar-refractivity contribution in [2.24, 2.45) is 17.6 Å². The van der Waals surface area contributed by atoms with Gasteiger partial charge in [0.15, 0.2) is 11.4 Å². The van der Waals surface area contributed by atoms with Crippen LogP contribution >= 0.6 is 11.6 Å². The molecule has 1 aromatic carbocycles. The number of carbonyl (C=O) groups excluding carboxylic acids is 3. The molecular formula is C20H18ClNO8.